The summed E-state index contributed by atoms with van der Waals surface area (Å²) in [5.74, 6) is 1.79. The average molecular weight is 332 g/mol. The zero-order valence-corrected chi connectivity index (χ0v) is 13.9. The van der Waals surface area contributed by atoms with Crippen molar-refractivity contribution in [2.24, 2.45) is 5.92 Å². The van der Waals surface area contributed by atoms with Gasteiger partial charge in [0, 0.05) is 18.7 Å². The monoisotopic (exact) mass is 332 g/mol. The molecule has 1 aromatic rings. The Kier molecular flexibility index (Phi) is 4.26. The predicted molar refractivity (Wildman–Crippen MR) is 88.9 cm³/mol. The van der Waals surface area contributed by atoms with Crippen molar-refractivity contribution in [1.29, 1.82) is 0 Å². The van der Waals surface area contributed by atoms with Crippen LogP contribution in [-0.2, 0) is 16.0 Å². The lowest BCUT2D eigenvalue weighted by atomic mass is 10.2. The summed E-state index contributed by atoms with van der Waals surface area (Å²) in [7, 11) is 0. The first-order chi connectivity index (χ1) is 11.7. The fraction of sp³-hybridized carbons (Fsp3) is 0.706. The van der Waals surface area contributed by atoms with Gasteiger partial charge >= 0.3 is 6.01 Å². The number of nitrogens with two attached hydrogens (primary N) is 1. The van der Waals surface area contributed by atoms with Crippen molar-refractivity contribution in [2.75, 3.05) is 30.4 Å². The second-order valence-electron chi connectivity index (χ2n) is 6.92. The maximum Gasteiger partial charge on any atom is 0.320 e. The third-order valence-corrected chi connectivity index (χ3v) is 5.03. The number of amides is 1. The Morgan fingerprint density at radius 3 is 2.88 bits per heavy atom. The van der Waals surface area contributed by atoms with Gasteiger partial charge in [-0.15, -0.1) is 0 Å². The highest BCUT2D eigenvalue weighted by atomic mass is 16.5. The van der Waals surface area contributed by atoms with E-state index in [1.54, 1.807) is 4.90 Å². The Balaban J connectivity index is 1.44. The van der Waals surface area contributed by atoms with E-state index in [1.807, 2.05) is 0 Å². The van der Waals surface area contributed by atoms with Crippen LogP contribution in [0, 0.1) is 5.92 Å². The van der Waals surface area contributed by atoms with Crippen LogP contribution in [0.1, 0.15) is 44.1 Å². The van der Waals surface area contributed by atoms with Gasteiger partial charge < -0.3 is 15.2 Å². The molecule has 2 N–H and O–H groups in total. The molecule has 7 nitrogen and oxygen atoms in total. The Morgan fingerprint density at radius 1 is 1.25 bits per heavy atom. The van der Waals surface area contributed by atoms with Gasteiger partial charge in [0.1, 0.15) is 11.6 Å². The zero-order chi connectivity index (χ0) is 16.5. The van der Waals surface area contributed by atoms with E-state index in [2.05, 4.69) is 9.97 Å². The van der Waals surface area contributed by atoms with Crippen molar-refractivity contribution >= 4 is 17.5 Å². The summed E-state index contributed by atoms with van der Waals surface area (Å²) in [4.78, 5) is 22.7. The highest BCUT2D eigenvalue weighted by molar-refractivity contribution is 6.01. The summed E-state index contributed by atoms with van der Waals surface area (Å²) < 4.78 is 11.3. The summed E-state index contributed by atoms with van der Waals surface area (Å²) >= 11 is 0. The topological polar surface area (TPSA) is 90.6 Å². The molecule has 3 aliphatic rings. The fourth-order valence-corrected chi connectivity index (χ4v) is 3.39. The lowest BCUT2D eigenvalue weighted by molar-refractivity contribution is -0.117. The number of ether oxygens (including phenoxy) is 2. The van der Waals surface area contributed by atoms with Gasteiger partial charge in [0.2, 0.25) is 5.91 Å². The van der Waals surface area contributed by atoms with Crippen LogP contribution >= 0.6 is 0 Å². The molecule has 2 fully saturated rings. The Bertz CT molecular complexity index is 627. The molecule has 2 aliphatic heterocycles. The molecule has 1 aromatic heterocycles. The Hall–Kier alpha value is -1.89. The largest absolute Gasteiger partial charge is 0.463 e. The molecule has 0 radical (unpaired) electrons. The van der Waals surface area contributed by atoms with Crippen molar-refractivity contribution in [3.8, 4) is 6.01 Å². The first-order valence-electron chi connectivity index (χ1n) is 8.92. The van der Waals surface area contributed by atoms with Gasteiger partial charge in [-0.2, -0.15) is 9.97 Å². The first kappa shape index (κ1) is 15.6. The van der Waals surface area contributed by atoms with Gasteiger partial charge in [0.15, 0.2) is 0 Å². The highest BCUT2D eigenvalue weighted by Gasteiger charge is 2.33. The number of nitrogens with zero attached hydrogens (tertiary/aromatic N) is 3. The summed E-state index contributed by atoms with van der Waals surface area (Å²) in [5, 5.41) is 0. The van der Waals surface area contributed by atoms with Gasteiger partial charge in [-0.05, 0) is 31.6 Å². The van der Waals surface area contributed by atoms with Crippen molar-refractivity contribution in [2.45, 2.75) is 51.0 Å². The van der Waals surface area contributed by atoms with Crippen LogP contribution in [0.25, 0.3) is 0 Å². The quantitative estimate of drug-likeness (QED) is 0.817. The molecule has 24 heavy (non-hydrogen) atoms. The molecule has 1 aliphatic carbocycles. The van der Waals surface area contributed by atoms with Crippen LogP contribution in [0.2, 0.25) is 0 Å². The van der Waals surface area contributed by atoms with Crippen LogP contribution in [-0.4, -0.2) is 41.7 Å². The van der Waals surface area contributed by atoms with Gasteiger partial charge in [0.25, 0.3) is 0 Å². The van der Waals surface area contributed by atoms with E-state index in [4.69, 9.17) is 15.2 Å². The lowest BCUT2D eigenvalue weighted by Crippen LogP contribution is -2.30. The standard InChI is InChI=1S/C17H24N4O3/c18-15-13-10-14(22)21(7-5-12-2-1-8-23-12)16(13)20-17(19-15)24-9-6-11-3-4-11/h11-12H,1-10H2,(H2,18,19,20). The smallest absolute Gasteiger partial charge is 0.320 e. The molecule has 1 atom stereocenters. The molecular weight excluding hydrogens is 308 g/mol. The molecule has 1 amide bonds. The van der Waals surface area contributed by atoms with Crippen LogP contribution < -0.4 is 15.4 Å². The third kappa shape index (κ3) is 3.31. The number of fused-ring (bicyclic) bond motifs is 1. The second-order valence-corrected chi connectivity index (χ2v) is 6.92. The molecule has 7 heteroatoms. The normalized spacial score (nSPS) is 22.9. The maximum atomic E-state index is 12.3. The van der Waals surface area contributed by atoms with Gasteiger partial charge in [-0.25, -0.2) is 0 Å². The lowest BCUT2D eigenvalue weighted by Gasteiger charge is -2.19. The molecule has 0 spiro atoms. The first-order valence-corrected chi connectivity index (χ1v) is 8.92. The second kappa shape index (κ2) is 6.55. The van der Waals surface area contributed by atoms with E-state index in [1.165, 1.54) is 12.8 Å². The van der Waals surface area contributed by atoms with Crippen molar-refractivity contribution in [3.63, 3.8) is 0 Å². The van der Waals surface area contributed by atoms with Crippen molar-refractivity contribution in [1.82, 2.24) is 9.97 Å². The zero-order valence-electron chi connectivity index (χ0n) is 13.9. The van der Waals surface area contributed by atoms with Gasteiger partial charge in [-0.1, -0.05) is 12.8 Å². The summed E-state index contributed by atoms with van der Waals surface area (Å²) in [5.41, 5.74) is 6.75. The number of carbonyl (C=O) groups excluding carboxylic acids is 1. The van der Waals surface area contributed by atoms with E-state index in [0.29, 0.717) is 24.8 Å². The number of rotatable bonds is 7. The molecule has 3 heterocycles. The fourth-order valence-electron chi connectivity index (χ4n) is 3.39. The molecule has 1 saturated carbocycles. The number of hydrogen-bond acceptors (Lipinski definition) is 6. The predicted octanol–water partition coefficient (Wildman–Crippen LogP) is 1.70. The number of anilines is 2. The minimum absolute atomic E-state index is 0.0270. The van der Waals surface area contributed by atoms with Crippen LogP contribution in [0.4, 0.5) is 11.6 Å². The van der Waals surface area contributed by atoms with E-state index in [9.17, 15) is 4.79 Å². The third-order valence-electron chi connectivity index (χ3n) is 5.03. The Labute approximate surface area is 141 Å². The number of carbonyl (C=O) groups is 1. The van der Waals surface area contributed by atoms with Gasteiger partial charge in [0.05, 0.1) is 19.1 Å². The van der Waals surface area contributed by atoms with Gasteiger partial charge in [-0.3, -0.25) is 9.69 Å². The Morgan fingerprint density at radius 2 is 2.12 bits per heavy atom. The minimum Gasteiger partial charge on any atom is -0.463 e. The highest BCUT2D eigenvalue weighted by Crippen LogP contribution is 2.34. The number of nitrogen functional groups attached to an aromatic ring is 1. The van der Waals surface area contributed by atoms with E-state index >= 15 is 0 Å². The summed E-state index contributed by atoms with van der Waals surface area (Å²) in [6, 6.07) is 0.281. The molecule has 130 valence electrons. The minimum atomic E-state index is 0.0270. The van der Waals surface area contributed by atoms with Crippen molar-refractivity contribution < 1.29 is 14.3 Å². The number of hydrogen-bond donors (Lipinski definition) is 1. The molecule has 1 saturated heterocycles. The molecule has 0 aromatic carbocycles. The van der Waals surface area contributed by atoms with E-state index in [-0.39, 0.29) is 24.4 Å². The molecule has 4 rings (SSSR count). The van der Waals surface area contributed by atoms with Crippen LogP contribution in [0.5, 0.6) is 6.01 Å². The van der Waals surface area contributed by atoms with Crippen LogP contribution in [0.3, 0.4) is 0 Å². The van der Waals surface area contributed by atoms with Crippen molar-refractivity contribution in [3.05, 3.63) is 5.56 Å². The number of aromatic nitrogens is 2. The average Bonchev–Trinajstić information content (AvgIpc) is 3.12. The molecular formula is C17H24N4O3. The molecule has 1 unspecified atom stereocenters. The summed E-state index contributed by atoms with van der Waals surface area (Å²) in [6.45, 7) is 2.03. The maximum absolute atomic E-state index is 12.3. The van der Waals surface area contributed by atoms with Crippen LogP contribution in [0.15, 0.2) is 0 Å². The van der Waals surface area contributed by atoms with E-state index in [0.717, 1.165) is 43.8 Å². The van der Waals surface area contributed by atoms with E-state index < -0.39 is 0 Å². The summed E-state index contributed by atoms with van der Waals surface area (Å²) in [6.07, 6.45) is 7.13. The molecule has 0 bridgehead atoms. The SMILES string of the molecule is Nc1nc(OCCC2CC2)nc2c1CC(=O)N2CCC1CCCO1.